The van der Waals surface area contributed by atoms with Gasteiger partial charge in [-0.1, -0.05) is 13.0 Å². The summed E-state index contributed by atoms with van der Waals surface area (Å²) in [6.45, 7) is 5.86. The zero-order valence-electron chi connectivity index (χ0n) is 10.3. The molecule has 1 unspecified atom stereocenters. The minimum Gasteiger partial charge on any atom is -0.480 e. The van der Waals surface area contributed by atoms with Gasteiger partial charge < -0.3 is 15.3 Å². The average molecular weight is 260 g/mol. The van der Waals surface area contributed by atoms with E-state index in [0.29, 0.717) is 13.0 Å². The highest BCUT2D eigenvalue weighted by atomic mass is 32.2. The number of carbonyl (C=O) groups is 2. The van der Waals surface area contributed by atoms with Crippen molar-refractivity contribution in [2.24, 2.45) is 0 Å². The highest BCUT2D eigenvalue weighted by Crippen LogP contribution is 2.02. The Morgan fingerprint density at radius 2 is 2.24 bits per heavy atom. The van der Waals surface area contributed by atoms with Crippen molar-refractivity contribution in [3.05, 3.63) is 12.7 Å². The van der Waals surface area contributed by atoms with Crippen LogP contribution in [-0.4, -0.2) is 53.1 Å². The van der Waals surface area contributed by atoms with Crippen molar-refractivity contribution in [1.29, 1.82) is 0 Å². The number of carboxylic acid groups (broad SMARTS) is 1. The van der Waals surface area contributed by atoms with Gasteiger partial charge in [0.2, 0.25) is 0 Å². The number of thioether (sulfide) groups is 1. The van der Waals surface area contributed by atoms with Crippen molar-refractivity contribution in [1.82, 2.24) is 10.2 Å². The Morgan fingerprint density at radius 1 is 1.59 bits per heavy atom. The average Bonchev–Trinajstić information content (AvgIpc) is 2.28. The second-order valence-electron chi connectivity index (χ2n) is 3.47. The molecule has 0 fully saturated rings. The molecule has 2 N–H and O–H groups in total. The molecule has 0 rings (SSSR count). The van der Waals surface area contributed by atoms with Gasteiger partial charge in [-0.05, 0) is 6.42 Å². The second-order valence-corrected chi connectivity index (χ2v) is 4.62. The number of carbonyl (C=O) groups excluding carboxylic acids is 1. The minimum absolute atomic E-state index is 0.349. The van der Waals surface area contributed by atoms with Crippen molar-refractivity contribution in [2.75, 3.05) is 25.1 Å². The number of rotatable bonds is 8. The minimum atomic E-state index is -0.980. The standard InChI is InChI=1S/C11H20N2O3S/c1-4-7-17-8-6-12-11(16)13(3)9(5-2)10(14)15/h4,9H,1,5-8H2,2-3H3,(H,12,16)(H,14,15). The summed E-state index contributed by atoms with van der Waals surface area (Å²) in [6.07, 6.45) is 2.20. The fourth-order valence-electron chi connectivity index (χ4n) is 1.28. The highest BCUT2D eigenvalue weighted by molar-refractivity contribution is 7.99. The van der Waals surface area contributed by atoms with Crippen LogP contribution in [0.3, 0.4) is 0 Å². The number of hydrogen-bond donors (Lipinski definition) is 2. The molecular weight excluding hydrogens is 240 g/mol. The number of nitrogens with zero attached hydrogens (tertiary/aromatic N) is 1. The van der Waals surface area contributed by atoms with Crippen molar-refractivity contribution < 1.29 is 14.7 Å². The fourth-order valence-corrected chi connectivity index (χ4v) is 1.86. The number of nitrogens with one attached hydrogen (secondary N) is 1. The smallest absolute Gasteiger partial charge is 0.326 e. The van der Waals surface area contributed by atoms with Gasteiger partial charge in [-0.2, -0.15) is 11.8 Å². The number of likely N-dealkylation sites (N-methyl/N-ethyl adjacent to an activating group) is 1. The van der Waals surface area contributed by atoms with E-state index < -0.39 is 12.0 Å². The molecule has 0 spiro atoms. The van der Waals surface area contributed by atoms with E-state index in [1.807, 2.05) is 0 Å². The summed E-state index contributed by atoms with van der Waals surface area (Å²) in [5.41, 5.74) is 0. The SMILES string of the molecule is C=CCSCCNC(=O)N(C)C(CC)C(=O)O. The van der Waals surface area contributed by atoms with Gasteiger partial charge in [0.25, 0.3) is 0 Å². The van der Waals surface area contributed by atoms with E-state index >= 15 is 0 Å². The summed E-state index contributed by atoms with van der Waals surface area (Å²) in [6, 6.07) is -1.12. The van der Waals surface area contributed by atoms with E-state index in [9.17, 15) is 9.59 Å². The first-order valence-corrected chi connectivity index (χ1v) is 6.62. The van der Waals surface area contributed by atoms with Crippen molar-refractivity contribution in [3.63, 3.8) is 0 Å². The van der Waals surface area contributed by atoms with Gasteiger partial charge in [-0.25, -0.2) is 9.59 Å². The lowest BCUT2D eigenvalue weighted by atomic mass is 10.2. The molecule has 0 aromatic carbocycles. The zero-order chi connectivity index (χ0) is 13.3. The summed E-state index contributed by atoms with van der Waals surface area (Å²) >= 11 is 1.66. The summed E-state index contributed by atoms with van der Waals surface area (Å²) in [4.78, 5) is 23.7. The summed E-state index contributed by atoms with van der Waals surface area (Å²) in [7, 11) is 1.49. The van der Waals surface area contributed by atoms with Crippen LogP contribution in [0.5, 0.6) is 0 Å². The third-order valence-electron chi connectivity index (χ3n) is 2.22. The Hall–Kier alpha value is -1.17. The normalized spacial score (nSPS) is 11.6. The molecule has 0 aliphatic heterocycles. The van der Waals surface area contributed by atoms with Crippen LogP contribution in [-0.2, 0) is 4.79 Å². The number of amides is 2. The topological polar surface area (TPSA) is 69.6 Å². The molecule has 2 amide bonds. The van der Waals surface area contributed by atoms with Gasteiger partial charge in [0.15, 0.2) is 0 Å². The van der Waals surface area contributed by atoms with Crippen molar-refractivity contribution >= 4 is 23.8 Å². The Balaban J connectivity index is 3.95. The van der Waals surface area contributed by atoms with Gasteiger partial charge >= 0.3 is 12.0 Å². The van der Waals surface area contributed by atoms with E-state index in [2.05, 4.69) is 11.9 Å². The van der Waals surface area contributed by atoms with Crippen LogP contribution >= 0.6 is 11.8 Å². The van der Waals surface area contributed by atoms with Crippen LogP contribution in [0.25, 0.3) is 0 Å². The maximum absolute atomic E-state index is 11.6. The summed E-state index contributed by atoms with van der Waals surface area (Å²) < 4.78 is 0. The third kappa shape index (κ3) is 6.21. The molecule has 1 atom stereocenters. The Labute approximate surface area is 106 Å². The quantitative estimate of drug-likeness (QED) is 0.511. The Bertz CT molecular complexity index is 271. The molecule has 5 nitrogen and oxygen atoms in total. The van der Waals surface area contributed by atoms with E-state index in [4.69, 9.17) is 5.11 Å². The second kappa shape index (κ2) is 8.92. The molecular formula is C11H20N2O3S. The lowest BCUT2D eigenvalue weighted by molar-refractivity contribution is -0.141. The van der Waals surface area contributed by atoms with Crippen LogP contribution in [0.2, 0.25) is 0 Å². The molecule has 0 aromatic heterocycles. The van der Waals surface area contributed by atoms with Crippen molar-refractivity contribution in [3.8, 4) is 0 Å². The molecule has 0 aliphatic rings. The molecule has 0 aromatic rings. The Morgan fingerprint density at radius 3 is 2.71 bits per heavy atom. The number of urea groups is 1. The van der Waals surface area contributed by atoms with Gasteiger partial charge in [0.1, 0.15) is 6.04 Å². The molecule has 6 heteroatoms. The first-order chi connectivity index (χ1) is 8.04. The van der Waals surface area contributed by atoms with Crippen molar-refractivity contribution in [2.45, 2.75) is 19.4 Å². The van der Waals surface area contributed by atoms with Gasteiger partial charge in [0, 0.05) is 25.1 Å². The maximum Gasteiger partial charge on any atom is 0.326 e. The predicted molar refractivity (Wildman–Crippen MR) is 70.4 cm³/mol. The molecule has 98 valence electrons. The van der Waals surface area contributed by atoms with Gasteiger partial charge in [0.05, 0.1) is 0 Å². The van der Waals surface area contributed by atoms with Crippen LogP contribution in [0.1, 0.15) is 13.3 Å². The first kappa shape index (κ1) is 15.8. The molecule has 0 saturated carbocycles. The van der Waals surface area contributed by atoms with Gasteiger partial charge in [-0.3, -0.25) is 0 Å². The lowest BCUT2D eigenvalue weighted by Crippen LogP contribution is -2.47. The van der Waals surface area contributed by atoms with E-state index in [1.165, 1.54) is 11.9 Å². The molecule has 0 bridgehead atoms. The van der Waals surface area contributed by atoms with Crippen LogP contribution in [0.4, 0.5) is 4.79 Å². The molecule has 0 radical (unpaired) electrons. The first-order valence-electron chi connectivity index (χ1n) is 5.46. The summed E-state index contributed by atoms with van der Waals surface area (Å²) in [5, 5.41) is 11.6. The molecule has 0 heterocycles. The largest absolute Gasteiger partial charge is 0.480 e. The molecule has 0 aliphatic carbocycles. The predicted octanol–water partition coefficient (Wildman–Crippen LogP) is 1.41. The number of hydrogen-bond acceptors (Lipinski definition) is 3. The van der Waals surface area contributed by atoms with Gasteiger partial charge in [-0.15, -0.1) is 6.58 Å². The molecule has 0 saturated heterocycles. The third-order valence-corrected chi connectivity index (χ3v) is 3.18. The fraction of sp³-hybridized carbons (Fsp3) is 0.636. The van der Waals surface area contributed by atoms with E-state index in [1.54, 1.807) is 24.8 Å². The highest BCUT2D eigenvalue weighted by Gasteiger charge is 2.24. The van der Waals surface area contributed by atoms with E-state index in [0.717, 1.165) is 11.5 Å². The molecule has 17 heavy (non-hydrogen) atoms. The lowest BCUT2D eigenvalue weighted by Gasteiger charge is -2.23. The van der Waals surface area contributed by atoms with E-state index in [-0.39, 0.29) is 6.03 Å². The van der Waals surface area contributed by atoms with Crippen LogP contribution in [0, 0.1) is 0 Å². The Kier molecular flexibility index (Phi) is 8.31. The number of aliphatic carboxylic acids is 1. The number of carboxylic acids is 1. The monoisotopic (exact) mass is 260 g/mol. The van der Waals surface area contributed by atoms with Crippen LogP contribution in [0.15, 0.2) is 12.7 Å². The summed E-state index contributed by atoms with van der Waals surface area (Å²) in [5.74, 6) is 0.652. The van der Waals surface area contributed by atoms with Crippen LogP contribution < -0.4 is 5.32 Å². The maximum atomic E-state index is 11.6. The zero-order valence-corrected chi connectivity index (χ0v) is 11.1.